The van der Waals surface area contributed by atoms with Crippen molar-refractivity contribution in [1.29, 1.82) is 0 Å². The van der Waals surface area contributed by atoms with Crippen molar-refractivity contribution in [1.82, 2.24) is 10.6 Å². The van der Waals surface area contributed by atoms with Gasteiger partial charge >= 0.3 is 0 Å². The largest absolute Gasteiger partial charge is 0.353 e. The van der Waals surface area contributed by atoms with E-state index in [-0.39, 0.29) is 11.8 Å². The van der Waals surface area contributed by atoms with E-state index in [0.29, 0.717) is 12.0 Å². The molecule has 0 bridgehead atoms. The van der Waals surface area contributed by atoms with Gasteiger partial charge in [0.05, 0.1) is 5.92 Å². The van der Waals surface area contributed by atoms with Gasteiger partial charge in [-0.05, 0) is 43.7 Å². The average Bonchev–Trinajstić information content (AvgIpc) is 3.05. The first-order valence-electron chi connectivity index (χ1n) is 8.38. The van der Waals surface area contributed by atoms with E-state index in [9.17, 15) is 4.79 Å². The molecule has 114 valence electrons. The lowest BCUT2D eigenvalue weighted by Gasteiger charge is -2.33. The molecule has 3 heteroatoms. The highest BCUT2D eigenvalue weighted by Crippen LogP contribution is 2.28. The van der Waals surface area contributed by atoms with E-state index in [0.717, 1.165) is 32.4 Å². The van der Waals surface area contributed by atoms with Crippen LogP contribution in [0.15, 0.2) is 30.3 Å². The maximum Gasteiger partial charge on any atom is 0.224 e. The molecule has 3 unspecified atom stereocenters. The molecule has 3 atom stereocenters. The summed E-state index contributed by atoms with van der Waals surface area (Å²) >= 11 is 0. The van der Waals surface area contributed by atoms with Gasteiger partial charge in [0.1, 0.15) is 0 Å². The second-order valence-corrected chi connectivity index (χ2v) is 6.54. The van der Waals surface area contributed by atoms with Gasteiger partial charge in [-0.3, -0.25) is 4.79 Å². The molecule has 1 aromatic rings. The second-order valence-electron chi connectivity index (χ2n) is 6.54. The zero-order chi connectivity index (χ0) is 14.5. The van der Waals surface area contributed by atoms with Crippen molar-refractivity contribution < 1.29 is 4.79 Å². The third kappa shape index (κ3) is 3.85. The van der Waals surface area contributed by atoms with Crippen molar-refractivity contribution >= 4 is 5.91 Å². The Morgan fingerprint density at radius 1 is 1.14 bits per heavy atom. The summed E-state index contributed by atoms with van der Waals surface area (Å²) in [5, 5.41) is 6.63. The molecule has 21 heavy (non-hydrogen) atoms. The van der Waals surface area contributed by atoms with Crippen LogP contribution in [-0.4, -0.2) is 25.0 Å². The molecular weight excluding hydrogens is 260 g/mol. The minimum absolute atomic E-state index is 0.185. The summed E-state index contributed by atoms with van der Waals surface area (Å²) in [6.07, 6.45) is 7.01. The van der Waals surface area contributed by atoms with Crippen LogP contribution in [0.3, 0.4) is 0 Å². The molecule has 1 amide bonds. The van der Waals surface area contributed by atoms with Crippen molar-refractivity contribution in [2.75, 3.05) is 13.1 Å². The van der Waals surface area contributed by atoms with E-state index in [4.69, 9.17) is 0 Å². The molecule has 1 aliphatic heterocycles. The lowest BCUT2D eigenvalue weighted by Crippen LogP contribution is -2.45. The summed E-state index contributed by atoms with van der Waals surface area (Å²) in [6.45, 7) is 1.83. The predicted octanol–water partition coefficient (Wildman–Crippen LogP) is 2.51. The average molecular weight is 286 g/mol. The predicted molar refractivity (Wildman–Crippen MR) is 85.0 cm³/mol. The van der Waals surface area contributed by atoms with Gasteiger partial charge in [-0.15, -0.1) is 0 Å². The summed E-state index contributed by atoms with van der Waals surface area (Å²) in [5.74, 6) is 1.05. The molecule has 0 aromatic heterocycles. The summed E-state index contributed by atoms with van der Waals surface area (Å²) in [5.41, 5.74) is 1.39. The van der Waals surface area contributed by atoms with Gasteiger partial charge < -0.3 is 10.6 Å². The quantitative estimate of drug-likeness (QED) is 0.893. The minimum Gasteiger partial charge on any atom is -0.353 e. The van der Waals surface area contributed by atoms with Gasteiger partial charge in [-0.1, -0.05) is 43.2 Å². The normalized spacial score (nSPS) is 29.2. The Hall–Kier alpha value is -1.35. The number of hydrogen-bond donors (Lipinski definition) is 2. The lowest BCUT2D eigenvalue weighted by atomic mass is 9.80. The molecule has 2 fully saturated rings. The summed E-state index contributed by atoms with van der Waals surface area (Å²) in [7, 11) is 0. The van der Waals surface area contributed by atoms with Crippen LogP contribution in [0.5, 0.6) is 0 Å². The number of amides is 1. The monoisotopic (exact) mass is 286 g/mol. The van der Waals surface area contributed by atoms with E-state index >= 15 is 0 Å². The SMILES string of the molecule is O=C(NC1CCCCC1Cc1ccccc1)C1CCNC1. The lowest BCUT2D eigenvalue weighted by molar-refractivity contribution is -0.125. The third-order valence-electron chi connectivity index (χ3n) is 5.01. The molecule has 3 nitrogen and oxygen atoms in total. The fraction of sp³-hybridized carbons (Fsp3) is 0.611. The van der Waals surface area contributed by atoms with Crippen molar-refractivity contribution in [2.24, 2.45) is 11.8 Å². The van der Waals surface area contributed by atoms with Crippen molar-refractivity contribution in [3.63, 3.8) is 0 Å². The fourth-order valence-corrected chi connectivity index (χ4v) is 3.74. The Labute approximate surface area is 127 Å². The Morgan fingerprint density at radius 2 is 1.95 bits per heavy atom. The maximum atomic E-state index is 12.4. The summed E-state index contributed by atoms with van der Waals surface area (Å²) in [6, 6.07) is 11.1. The van der Waals surface area contributed by atoms with Crippen molar-refractivity contribution in [2.45, 2.75) is 44.6 Å². The fourth-order valence-electron chi connectivity index (χ4n) is 3.74. The van der Waals surface area contributed by atoms with Gasteiger partial charge in [0.2, 0.25) is 5.91 Å². The molecule has 2 N–H and O–H groups in total. The first-order valence-corrected chi connectivity index (χ1v) is 8.38. The molecule has 1 aromatic carbocycles. The van der Waals surface area contributed by atoms with Crippen LogP contribution in [0.2, 0.25) is 0 Å². The number of rotatable bonds is 4. The first-order chi connectivity index (χ1) is 10.3. The number of hydrogen-bond acceptors (Lipinski definition) is 2. The molecule has 0 radical (unpaired) electrons. The van der Waals surface area contributed by atoms with Crippen LogP contribution in [0.1, 0.15) is 37.7 Å². The standard InChI is InChI=1S/C18H26N2O/c21-18(16-10-11-19-13-16)20-17-9-5-4-8-15(17)12-14-6-2-1-3-7-14/h1-3,6-7,15-17,19H,4-5,8-13H2,(H,20,21). The molecule has 3 rings (SSSR count). The summed E-state index contributed by atoms with van der Waals surface area (Å²) < 4.78 is 0. The van der Waals surface area contributed by atoms with Gasteiger partial charge in [-0.2, -0.15) is 0 Å². The Kier molecular flexibility index (Phi) is 4.91. The number of carbonyl (C=O) groups excluding carboxylic acids is 1. The zero-order valence-corrected chi connectivity index (χ0v) is 12.7. The molecule has 1 saturated carbocycles. The van der Waals surface area contributed by atoms with E-state index < -0.39 is 0 Å². The Bertz CT molecular complexity index is 454. The van der Waals surface area contributed by atoms with Crippen molar-refractivity contribution in [3.05, 3.63) is 35.9 Å². The number of benzene rings is 1. The Morgan fingerprint density at radius 3 is 2.71 bits per heavy atom. The van der Waals surface area contributed by atoms with E-state index in [1.165, 1.54) is 24.8 Å². The third-order valence-corrected chi connectivity index (χ3v) is 5.01. The molecule has 1 heterocycles. The van der Waals surface area contributed by atoms with Crippen LogP contribution in [0, 0.1) is 11.8 Å². The van der Waals surface area contributed by atoms with Crippen LogP contribution in [0.25, 0.3) is 0 Å². The van der Waals surface area contributed by atoms with Crippen LogP contribution < -0.4 is 10.6 Å². The molecule has 2 aliphatic rings. The highest BCUT2D eigenvalue weighted by atomic mass is 16.2. The topological polar surface area (TPSA) is 41.1 Å². The maximum absolute atomic E-state index is 12.4. The number of nitrogens with one attached hydrogen (secondary N) is 2. The molecule has 1 saturated heterocycles. The second kappa shape index (κ2) is 7.08. The van der Waals surface area contributed by atoms with Crippen LogP contribution in [0.4, 0.5) is 0 Å². The van der Waals surface area contributed by atoms with Gasteiger partial charge in [0.15, 0.2) is 0 Å². The Balaban J connectivity index is 1.59. The molecule has 1 aliphatic carbocycles. The first kappa shape index (κ1) is 14.6. The molecular formula is C18H26N2O. The highest BCUT2D eigenvalue weighted by molar-refractivity contribution is 5.79. The van der Waals surface area contributed by atoms with E-state index in [2.05, 4.69) is 41.0 Å². The summed E-state index contributed by atoms with van der Waals surface area (Å²) in [4.78, 5) is 12.4. The van der Waals surface area contributed by atoms with E-state index in [1.807, 2.05) is 0 Å². The van der Waals surface area contributed by atoms with Gasteiger partial charge in [0, 0.05) is 12.6 Å². The minimum atomic E-state index is 0.185. The van der Waals surface area contributed by atoms with Gasteiger partial charge in [0.25, 0.3) is 0 Å². The van der Waals surface area contributed by atoms with Crippen molar-refractivity contribution in [3.8, 4) is 0 Å². The van der Waals surface area contributed by atoms with Gasteiger partial charge in [-0.25, -0.2) is 0 Å². The number of carbonyl (C=O) groups is 1. The van der Waals surface area contributed by atoms with Crippen LogP contribution >= 0.6 is 0 Å². The smallest absolute Gasteiger partial charge is 0.224 e. The zero-order valence-electron chi connectivity index (χ0n) is 12.7. The van der Waals surface area contributed by atoms with Crippen LogP contribution in [-0.2, 0) is 11.2 Å². The molecule has 0 spiro atoms. The van der Waals surface area contributed by atoms with E-state index in [1.54, 1.807) is 0 Å². The highest BCUT2D eigenvalue weighted by Gasteiger charge is 2.30.